The highest BCUT2D eigenvalue weighted by Crippen LogP contribution is 2.41. The van der Waals surface area contributed by atoms with E-state index in [4.69, 9.17) is 33.2 Å². The Kier molecular flexibility index (Phi) is 16.8. The van der Waals surface area contributed by atoms with Crippen LogP contribution in [0.2, 0.25) is 0 Å². The number of anilines is 6. The summed E-state index contributed by atoms with van der Waals surface area (Å²) in [5.74, 6) is 3.94. The Hall–Kier alpha value is -6.46. The van der Waals surface area contributed by atoms with Crippen LogP contribution in [0, 0.1) is 11.8 Å². The molecule has 18 heteroatoms. The normalized spacial score (nSPS) is 15.9. The highest BCUT2D eigenvalue weighted by Gasteiger charge is 2.28. The lowest BCUT2D eigenvalue weighted by molar-refractivity contribution is -0.148. The maximum atomic E-state index is 12.1. The fraction of sp³-hybridized carbons (Fsp3) is 0.463. The van der Waals surface area contributed by atoms with Gasteiger partial charge in [-0.15, -0.1) is 0 Å². The number of esters is 1. The zero-order valence-corrected chi connectivity index (χ0v) is 33.9. The molecule has 0 radical (unpaired) electrons. The highest BCUT2D eigenvalue weighted by molar-refractivity contribution is 5.74. The van der Waals surface area contributed by atoms with Crippen molar-refractivity contribution in [2.24, 2.45) is 11.8 Å². The molecule has 0 bridgehead atoms. The fourth-order valence-corrected chi connectivity index (χ4v) is 6.76. The second-order valence-electron chi connectivity index (χ2n) is 13.2. The minimum Gasteiger partial charge on any atom is -0.493 e. The number of hydrogen-bond donors (Lipinski definition) is 3. The number of carbonyl (C=O) groups is 2. The van der Waals surface area contributed by atoms with E-state index in [1.807, 2.05) is 17.9 Å². The van der Waals surface area contributed by atoms with E-state index in [9.17, 15) is 14.7 Å². The Morgan fingerprint density at radius 1 is 0.678 bits per heavy atom. The van der Waals surface area contributed by atoms with Gasteiger partial charge in [-0.3, -0.25) is 9.59 Å². The van der Waals surface area contributed by atoms with Crippen LogP contribution in [0.3, 0.4) is 0 Å². The summed E-state index contributed by atoms with van der Waals surface area (Å²) in [6, 6.07) is 10.7. The molecule has 3 N–H and O–H groups in total. The molecule has 2 aliphatic rings. The maximum Gasteiger partial charge on any atom is 0.310 e. The molecule has 4 aromatic rings. The van der Waals surface area contributed by atoms with E-state index in [1.165, 1.54) is 0 Å². The zero-order chi connectivity index (χ0) is 41.6. The summed E-state index contributed by atoms with van der Waals surface area (Å²) in [5, 5.41) is 15.6. The van der Waals surface area contributed by atoms with Crippen LogP contribution in [0.5, 0.6) is 34.5 Å². The van der Waals surface area contributed by atoms with E-state index < -0.39 is 5.97 Å². The third kappa shape index (κ3) is 11.6. The van der Waals surface area contributed by atoms with Gasteiger partial charge in [0.2, 0.25) is 23.4 Å². The third-order valence-electron chi connectivity index (χ3n) is 9.58. The zero-order valence-electron chi connectivity index (χ0n) is 33.9. The molecule has 0 spiro atoms. The van der Waals surface area contributed by atoms with Gasteiger partial charge in [0.15, 0.2) is 23.0 Å². The van der Waals surface area contributed by atoms with Crippen molar-refractivity contribution in [1.82, 2.24) is 19.9 Å². The number of aromatic nitrogens is 4. The first-order chi connectivity index (χ1) is 28.1. The quantitative estimate of drug-likeness (QED) is 0.114. The Bertz CT molecular complexity index is 1950. The Balaban J connectivity index is 0.000000257. The number of nitrogens with one attached hydrogen (secondary N) is 2. The number of carboxylic acid groups (broad SMARTS) is 1. The Labute approximate surface area is 345 Å². The van der Waals surface area contributed by atoms with Gasteiger partial charge in [-0.1, -0.05) is 7.43 Å². The van der Waals surface area contributed by atoms with Gasteiger partial charge in [0, 0.05) is 74.2 Å². The molecular weight excluding hydrogens is 764 g/mol. The van der Waals surface area contributed by atoms with E-state index in [1.54, 1.807) is 85.4 Å². The van der Waals surface area contributed by atoms with Gasteiger partial charge < -0.3 is 58.7 Å². The lowest BCUT2D eigenvalue weighted by atomic mass is 9.98. The van der Waals surface area contributed by atoms with Gasteiger partial charge in [0.05, 0.1) is 61.1 Å². The minimum atomic E-state index is -0.769. The van der Waals surface area contributed by atoms with E-state index in [-0.39, 0.29) is 25.2 Å². The van der Waals surface area contributed by atoms with E-state index in [2.05, 4.69) is 35.5 Å². The monoisotopic (exact) mass is 820 g/mol. The molecule has 0 saturated carbocycles. The number of nitrogens with zero attached hydrogens (tertiary/aromatic N) is 6. The van der Waals surface area contributed by atoms with Crippen molar-refractivity contribution in [3.63, 3.8) is 0 Å². The molecule has 6 rings (SSSR count). The van der Waals surface area contributed by atoms with Crippen LogP contribution in [-0.2, 0) is 14.3 Å². The molecule has 2 saturated heterocycles. The molecule has 59 heavy (non-hydrogen) atoms. The minimum absolute atomic E-state index is 0. The maximum absolute atomic E-state index is 12.1. The van der Waals surface area contributed by atoms with Gasteiger partial charge >= 0.3 is 11.9 Å². The first kappa shape index (κ1) is 45.2. The van der Waals surface area contributed by atoms with Crippen LogP contribution >= 0.6 is 0 Å². The predicted molar refractivity (Wildman–Crippen MR) is 224 cm³/mol. The summed E-state index contributed by atoms with van der Waals surface area (Å²) < 4.78 is 37.4. The first-order valence-electron chi connectivity index (χ1n) is 18.8. The fourth-order valence-electron chi connectivity index (χ4n) is 6.76. The molecule has 2 aromatic carbocycles. The number of carboxylic acids is 1. The average molecular weight is 821 g/mol. The highest BCUT2D eigenvalue weighted by atomic mass is 16.5. The summed E-state index contributed by atoms with van der Waals surface area (Å²) in [5.41, 5.74) is 1.37. The van der Waals surface area contributed by atoms with Crippen molar-refractivity contribution in [3.8, 4) is 34.5 Å². The summed E-state index contributed by atoms with van der Waals surface area (Å²) in [4.78, 5) is 45.2. The second kappa shape index (κ2) is 21.9. The molecular formula is C41H56N8O10. The number of rotatable bonds is 15. The molecule has 2 aliphatic heterocycles. The smallest absolute Gasteiger partial charge is 0.310 e. The van der Waals surface area contributed by atoms with Crippen LogP contribution in [0.4, 0.5) is 34.9 Å². The van der Waals surface area contributed by atoms with Gasteiger partial charge in [0.1, 0.15) is 11.6 Å². The number of benzene rings is 2. The molecule has 18 nitrogen and oxygen atoms in total. The number of methoxy groups -OCH3 is 6. The van der Waals surface area contributed by atoms with Crippen molar-refractivity contribution in [1.29, 1.82) is 0 Å². The lowest BCUT2D eigenvalue weighted by Gasteiger charge is -2.32. The number of ether oxygens (including phenoxy) is 7. The largest absolute Gasteiger partial charge is 0.493 e. The topological polar surface area (TPSA) is 201 Å². The van der Waals surface area contributed by atoms with Crippen molar-refractivity contribution in [2.75, 3.05) is 95.9 Å². The van der Waals surface area contributed by atoms with Crippen LogP contribution < -0.4 is 48.9 Å². The summed E-state index contributed by atoms with van der Waals surface area (Å²) >= 11 is 0. The van der Waals surface area contributed by atoms with Gasteiger partial charge in [0.25, 0.3) is 0 Å². The van der Waals surface area contributed by atoms with Crippen molar-refractivity contribution in [3.05, 3.63) is 48.8 Å². The molecule has 2 atom stereocenters. The predicted octanol–water partition coefficient (Wildman–Crippen LogP) is 6.21. The summed E-state index contributed by atoms with van der Waals surface area (Å²) in [6.07, 6.45) is 6.58. The molecule has 4 heterocycles. The molecule has 2 fully saturated rings. The molecule has 0 aliphatic carbocycles. The van der Waals surface area contributed by atoms with Gasteiger partial charge in [-0.25, -0.2) is 9.97 Å². The van der Waals surface area contributed by atoms with E-state index in [0.717, 1.165) is 38.2 Å². The van der Waals surface area contributed by atoms with E-state index in [0.29, 0.717) is 89.7 Å². The SMILES string of the molecule is C.CCOC(=O)C1CCCN(c2ccnc(Nc3cc(OC)c(OC)c(OC)c3)n2)C1.COc1cc(Nc2nccc(N3CCCC(C(=O)O)C3)n2)cc(OC)c1OC. The number of piperidine rings is 2. The molecule has 2 unspecified atom stereocenters. The first-order valence-corrected chi connectivity index (χ1v) is 18.8. The lowest BCUT2D eigenvalue weighted by Crippen LogP contribution is -2.39. The average Bonchev–Trinajstić information content (AvgIpc) is 3.26. The number of carbonyl (C=O) groups excluding carboxylic acids is 1. The van der Waals surface area contributed by atoms with E-state index >= 15 is 0 Å². The molecule has 2 aromatic heterocycles. The summed E-state index contributed by atoms with van der Waals surface area (Å²) in [7, 11) is 9.33. The molecule has 0 amide bonds. The van der Waals surface area contributed by atoms with Crippen molar-refractivity contribution in [2.45, 2.75) is 40.0 Å². The standard InChI is InChI=1S/C21H28N4O5.C19H24N4O5.CH4/c1-5-30-20(26)14-7-6-10-25(13-14)18-8-9-22-21(24-18)23-15-11-16(27-2)19(29-4)17(12-15)28-3;1-26-14-9-13(10-15(27-2)17(14)28-3)21-19-20-7-6-16(22-19)23-8-4-5-12(11-23)18(24)25;/h8-9,11-12,14H,5-7,10,13H2,1-4H3,(H,22,23,24);6-7,9-10,12H,4-5,8,11H2,1-3H3,(H,24,25)(H,20,21,22);1H4. The van der Waals surface area contributed by atoms with Crippen molar-refractivity contribution < 1.29 is 47.9 Å². The van der Waals surface area contributed by atoms with Gasteiger partial charge in [-0.05, 0) is 44.7 Å². The number of aliphatic carboxylic acids is 1. The van der Waals surface area contributed by atoms with Crippen LogP contribution in [0.15, 0.2) is 48.8 Å². The molecule has 320 valence electrons. The third-order valence-corrected chi connectivity index (χ3v) is 9.58. The van der Waals surface area contributed by atoms with Crippen LogP contribution in [-0.4, -0.2) is 112 Å². The second-order valence-corrected chi connectivity index (χ2v) is 13.2. The number of hydrogen-bond acceptors (Lipinski definition) is 17. The Morgan fingerprint density at radius 3 is 1.46 bits per heavy atom. The van der Waals surface area contributed by atoms with Gasteiger partial charge in [-0.2, -0.15) is 9.97 Å². The Morgan fingerprint density at radius 2 is 1.08 bits per heavy atom. The van der Waals surface area contributed by atoms with Crippen molar-refractivity contribution >= 4 is 46.8 Å². The summed E-state index contributed by atoms with van der Waals surface area (Å²) in [6.45, 7) is 4.84. The van der Waals surface area contributed by atoms with Crippen LogP contribution in [0.1, 0.15) is 40.0 Å². The van der Waals surface area contributed by atoms with Crippen LogP contribution in [0.25, 0.3) is 0 Å².